The zero-order valence-corrected chi connectivity index (χ0v) is 13.1. The maximum atomic E-state index is 12.7. The second-order valence-corrected chi connectivity index (χ2v) is 5.44. The van der Waals surface area contributed by atoms with Gasteiger partial charge in [-0.1, -0.05) is 17.7 Å². The number of pyridine rings is 1. The molecule has 0 spiro atoms. The highest BCUT2D eigenvalue weighted by Crippen LogP contribution is 2.34. The lowest BCUT2D eigenvalue weighted by molar-refractivity contribution is -0.146. The SMILES string of the molecule is CC(=N)/N=C\c1[nH]c(-c2ccc([C@@H](C)C(F)(F)F)cn2)cc1Cl. The molecule has 0 unspecified atom stereocenters. The standard InChI is InChI=1S/C15H14ClF3N4/c1-8(15(17,18)19)10-3-4-12(22-6-10)13-5-11(16)14(23-13)7-21-9(2)20/h3-8,20,23H,1-2H3/b20-9?,21-7-/t8-/m1/s1. The number of H-pyrrole nitrogens is 1. The normalized spacial score (nSPS) is 13.5. The summed E-state index contributed by atoms with van der Waals surface area (Å²) in [5, 5.41) is 7.63. The van der Waals surface area contributed by atoms with Crippen molar-refractivity contribution in [1.29, 1.82) is 5.41 Å². The average Bonchev–Trinajstić information content (AvgIpc) is 2.84. The van der Waals surface area contributed by atoms with E-state index in [9.17, 15) is 13.2 Å². The number of rotatable bonds is 3. The summed E-state index contributed by atoms with van der Waals surface area (Å²) in [5.41, 5.74) is 1.63. The van der Waals surface area contributed by atoms with Crippen LogP contribution in [0.15, 0.2) is 29.4 Å². The van der Waals surface area contributed by atoms with Crippen molar-refractivity contribution in [2.24, 2.45) is 4.99 Å². The highest BCUT2D eigenvalue weighted by Gasteiger charge is 2.37. The molecule has 0 radical (unpaired) electrons. The molecule has 4 nitrogen and oxygen atoms in total. The quantitative estimate of drug-likeness (QED) is 0.610. The largest absolute Gasteiger partial charge is 0.395 e. The van der Waals surface area contributed by atoms with E-state index in [1.54, 1.807) is 6.07 Å². The number of aromatic nitrogens is 2. The van der Waals surface area contributed by atoms with Crippen LogP contribution < -0.4 is 0 Å². The van der Waals surface area contributed by atoms with Crippen LogP contribution in [0.5, 0.6) is 0 Å². The van der Waals surface area contributed by atoms with Crippen LogP contribution in [-0.2, 0) is 0 Å². The van der Waals surface area contributed by atoms with Crippen molar-refractivity contribution in [3.63, 3.8) is 0 Å². The van der Waals surface area contributed by atoms with Gasteiger partial charge in [0.2, 0.25) is 0 Å². The molecule has 2 aromatic rings. The van der Waals surface area contributed by atoms with Crippen molar-refractivity contribution in [2.75, 3.05) is 0 Å². The number of nitrogens with zero attached hydrogens (tertiary/aromatic N) is 2. The van der Waals surface area contributed by atoms with Crippen molar-refractivity contribution < 1.29 is 13.2 Å². The number of hydrogen-bond acceptors (Lipinski definition) is 2. The summed E-state index contributed by atoms with van der Waals surface area (Å²) in [4.78, 5) is 10.9. The Morgan fingerprint density at radius 1 is 1.43 bits per heavy atom. The van der Waals surface area contributed by atoms with E-state index >= 15 is 0 Å². The number of aliphatic imine (C=N–C) groups is 1. The molecule has 0 aromatic carbocycles. The fourth-order valence-electron chi connectivity index (χ4n) is 1.85. The predicted molar refractivity (Wildman–Crippen MR) is 84.5 cm³/mol. The van der Waals surface area contributed by atoms with E-state index < -0.39 is 12.1 Å². The summed E-state index contributed by atoms with van der Waals surface area (Å²) < 4.78 is 38.0. The topological polar surface area (TPSA) is 64.9 Å². The van der Waals surface area contributed by atoms with E-state index in [1.807, 2.05) is 0 Å². The van der Waals surface area contributed by atoms with Gasteiger partial charge in [0.1, 0.15) is 5.84 Å². The number of amidine groups is 1. The molecular weight excluding hydrogens is 329 g/mol. The number of halogens is 4. The maximum Gasteiger partial charge on any atom is 0.395 e. The average molecular weight is 343 g/mol. The lowest BCUT2D eigenvalue weighted by atomic mass is 10.0. The lowest BCUT2D eigenvalue weighted by Crippen LogP contribution is -2.17. The van der Waals surface area contributed by atoms with E-state index in [0.717, 1.165) is 6.92 Å². The van der Waals surface area contributed by atoms with E-state index in [0.29, 0.717) is 22.1 Å². The van der Waals surface area contributed by atoms with E-state index in [2.05, 4.69) is 15.0 Å². The molecule has 0 aliphatic rings. The van der Waals surface area contributed by atoms with Crippen molar-refractivity contribution in [2.45, 2.75) is 25.9 Å². The minimum Gasteiger partial charge on any atom is -0.351 e. The third-order valence-corrected chi connectivity index (χ3v) is 3.55. The number of alkyl halides is 3. The monoisotopic (exact) mass is 342 g/mol. The molecule has 122 valence electrons. The van der Waals surface area contributed by atoms with Gasteiger partial charge in [-0.15, -0.1) is 0 Å². The molecule has 0 aliphatic carbocycles. The van der Waals surface area contributed by atoms with Gasteiger partial charge in [-0.05, 0) is 31.5 Å². The van der Waals surface area contributed by atoms with Crippen LogP contribution in [0.25, 0.3) is 11.4 Å². The van der Waals surface area contributed by atoms with Crippen LogP contribution in [0.1, 0.15) is 31.0 Å². The highest BCUT2D eigenvalue weighted by molar-refractivity contribution is 6.33. The van der Waals surface area contributed by atoms with Gasteiger partial charge >= 0.3 is 6.18 Å². The van der Waals surface area contributed by atoms with Crippen molar-refractivity contribution in [3.05, 3.63) is 40.7 Å². The molecule has 2 aromatic heterocycles. The van der Waals surface area contributed by atoms with Gasteiger partial charge in [0.15, 0.2) is 0 Å². The molecule has 2 heterocycles. The Kier molecular flexibility index (Phi) is 4.89. The first-order chi connectivity index (χ1) is 10.7. The van der Waals surface area contributed by atoms with E-state index in [4.69, 9.17) is 17.0 Å². The molecule has 0 aliphatic heterocycles. The van der Waals surface area contributed by atoms with Gasteiger partial charge < -0.3 is 4.98 Å². The van der Waals surface area contributed by atoms with Crippen LogP contribution >= 0.6 is 11.6 Å². The molecule has 2 rings (SSSR count). The third-order valence-electron chi connectivity index (χ3n) is 3.24. The Hall–Kier alpha value is -2.15. The van der Waals surface area contributed by atoms with Gasteiger partial charge in [0, 0.05) is 6.20 Å². The second kappa shape index (κ2) is 6.54. The molecular formula is C15H14ClF3N4. The van der Waals surface area contributed by atoms with Gasteiger partial charge in [0.05, 0.1) is 34.2 Å². The van der Waals surface area contributed by atoms with E-state index in [1.165, 1.54) is 31.5 Å². The molecule has 8 heteroatoms. The molecule has 0 fully saturated rings. The summed E-state index contributed by atoms with van der Waals surface area (Å²) in [6.45, 7) is 2.62. The fourth-order valence-corrected chi connectivity index (χ4v) is 2.05. The summed E-state index contributed by atoms with van der Waals surface area (Å²) in [7, 11) is 0. The maximum absolute atomic E-state index is 12.7. The minimum atomic E-state index is -4.30. The Morgan fingerprint density at radius 2 is 2.13 bits per heavy atom. The molecule has 2 N–H and O–H groups in total. The minimum absolute atomic E-state index is 0.0973. The summed E-state index contributed by atoms with van der Waals surface area (Å²) in [5.74, 6) is -1.45. The van der Waals surface area contributed by atoms with Crippen molar-refractivity contribution in [3.8, 4) is 11.4 Å². The zero-order valence-electron chi connectivity index (χ0n) is 12.4. The Balaban J connectivity index is 2.27. The zero-order chi connectivity index (χ0) is 17.2. The van der Waals surface area contributed by atoms with Crippen LogP contribution in [-0.4, -0.2) is 28.2 Å². The second-order valence-electron chi connectivity index (χ2n) is 5.03. The van der Waals surface area contributed by atoms with Gasteiger partial charge in [-0.2, -0.15) is 13.2 Å². The Bertz CT molecular complexity index is 732. The summed E-state index contributed by atoms with van der Waals surface area (Å²) in [6, 6.07) is 4.50. The van der Waals surface area contributed by atoms with Crippen molar-refractivity contribution >= 4 is 23.7 Å². The lowest BCUT2D eigenvalue weighted by Gasteiger charge is -2.15. The summed E-state index contributed by atoms with van der Waals surface area (Å²) in [6.07, 6.45) is -1.68. The number of nitrogens with one attached hydrogen (secondary N) is 2. The molecule has 0 amide bonds. The van der Waals surface area contributed by atoms with Gasteiger partial charge in [-0.3, -0.25) is 10.4 Å². The van der Waals surface area contributed by atoms with Crippen molar-refractivity contribution in [1.82, 2.24) is 9.97 Å². The highest BCUT2D eigenvalue weighted by atomic mass is 35.5. The molecule has 23 heavy (non-hydrogen) atoms. The molecule has 1 atom stereocenters. The molecule has 0 saturated heterocycles. The number of aromatic amines is 1. The number of hydrogen-bond donors (Lipinski definition) is 2. The van der Waals surface area contributed by atoms with Crippen LogP contribution in [0, 0.1) is 5.41 Å². The Labute approximate surface area is 135 Å². The first kappa shape index (κ1) is 17.2. The molecule has 0 bridgehead atoms. The first-order valence-electron chi connectivity index (χ1n) is 6.69. The first-order valence-corrected chi connectivity index (χ1v) is 7.07. The van der Waals surface area contributed by atoms with Gasteiger partial charge in [-0.25, -0.2) is 4.99 Å². The smallest absolute Gasteiger partial charge is 0.351 e. The van der Waals surface area contributed by atoms with Crippen LogP contribution in [0.2, 0.25) is 5.02 Å². The fraction of sp³-hybridized carbons (Fsp3) is 0.267. The molecule has 0 saturated carbocycles. The predicted octanol–water partition coefficient (Wildman–Crippen LogP) is 4.81. The summed E-state index contributed by atoms with van der Waals surface area (Å²) >= 11 is 6.05. The third kappa shape index (κ3) is 4.19. The van der Waals surface area contributed by atoms with E-state index in [-0.39, 0.29) is 11.4 Å². The van der Waals surface area contributed by atoms with Gasteiger partial charge in [0.25, 0.3) is 0 Å². The Morgan fingerprint density at radius 3 is 2.65 bits per heavy atom. The van der Waals surface area contributed by atoms with Crippen LogP contribution in [0.4, 0.5) is 13.2 Å². The van der Waals surface area contributed by atoms with Crippen LogP contribution in [0.3, 0.4) is 0 Å².